The van der Waals surface area contributed by atoms with Gasteiger partial charge in [0, 0.05) is 19.0 Å². The van der Waals surface area contributed by atoms with Crippen LogP contribution in [0.4, 0.5) is 0 Å². The van der Waals surface area contributed by atoms with E-state index in [1.165, 1.54) is 0 Å². The summed E-state index contributed by atoms with van der Waals surface area (Å²) in [6.45, 7) is 1.66. The van der Waals surface area contributed by atoms with E-state index >= 15 is 0 Å². The van der Waals surface area contributed by atoms with Crippen molar-refractivity contribution < 1.29 is 13.6 Å². The minimum Gasteiger partial charge on any atom is -0.472 e. The molecule has 0 saturated carbocycles. The van der Waals surface area contributed by atoms with Crippen LogP contribution in [0, 0.1) is 0 Å². The molecule has 28 heavy (non-hydrogen) atoms. The highest BCUT2D eigenvalue weighted by atomic mass is 16.4. The Kier molecular flexibility index (Phi) is 4.16. The number of hydrogen-bond acceptors (Lipinski definition) is 6. The van der Waals surface area contributed by atoms with E-state index in [4.69, 9.17) is 8.83 Å². The quantitative estimate of drug-likeness (QED) is 0.543. The van der Waals surface area contributed by atoms with Crippen LogP contribution in [0.15, 0.2) is 58.0 Å². The third-order valence-corrected chi connectivity index (χ3v) is 5.24. The molecule has 0 radical (unpaired) electrons. The highest BCUT2D eigenvalue weighted by Crippen LogP contribution is 2.29. The number of rotatable bonds is 4. The molecule has 0 spiro atoms. The summed E-state index contributed by atoms with van der Waals surface area (Å²) in [6, 6.07) is 9.62. The maximum absolute atomic E-state index is 12.7. The zero-order chi connectivity index (χ0) is 18.9. The van der Waals surface area contributed by atoms with Crippen LogP contribution in [0.1, 0.15) is 24.7 Å². The highest BCUT2D eigenvalue weighted by molar-refractivity contribution is 5.80. The fraction of sp³-hybridized carbons (Fsp3) is 0.300. The van der Waals surface area contributed by atoms with Crippen molar-refractivity contribution in [2.24, 2.45) is 0 Å². The van der Waals surface area contributed by atoms with E-state index in [9.17, 15) is 4.79 Å². The molecule has 0 atom stereocenters. The number of amides is 1. The molecule has 3 aromatic heterocycles. The number of carbonyl (C=O) groups is 1. The maximum Gasteiger partial charge on any atom is 0.250 e. The second kappa shape index (κ2) is 6.95. The molecule has 1 fully saturated rings. The van der Waals surface area contributed by atoms with E-state index in [-0.39, 0.29) is 11.8 Å². The number of fused-ring (bicyclic) bond motifs is 1. The first kappa shape index (κ1) is 16.7. The first-order valence-electron chi connectivity index (χ1n) is 9.31. The van der Waals surface area contributed by atoms with E-state index in [1.807, 2.05) is 33.7 Å². The predicted molar refractivity (Wildman–Crippen MR) is 100 cm³/mol. The number of para-hydroxylation sites is 2. The van der Waals surface area contributed by atoms with Crippen molar-refractivity contribution in [2.75, 3.05) is 13.1 Å². The van der Waals surface area contributed by atoms with Gasteiger partial charge in [0.1, 0.15) is 12.8 Å². The topological polar surface area (TPSA) is 90.2 Å². The summed E-state index contributed by atoms with van der Waals surface area (Å²) in [5.41, 5.74) is 2.65. The van der Waals surface area contributed by atoms with Gasteiger partial charge >= 0.3 is 0 Å². The second-order valence-electron chi connectivity index (χ2n) is 6.97. The number of furan rings is 1. The molecule has 1 aromatic carbocycles. The van der Waals surface area contributed by atoms with Crippen LogP contribution in [0.5, 0.6) is 0 Å². The highest BCUT2D eigenvalue weighted by Gasteiger charge is 2.27. The maximum atomic E-state index is 12.7. The monoisotopic (exact) mass is 377 g/mol. The van der Waals surface area contributed by atoms with Gasteiger partial charge in [-0.05, 0) is 31.0 Å². The molecule has 4 heterocycles. The molecule has 0 bridgehead atoms. The molecule has 4 aromatic rings. The number of hydrogen-bond donors (Lipinski definition) is 0. The molecular formula is C20H19N5O3. The molecule has 1 aliphatic heterocycles. The van der Waals surface area contributed by atoms with E-state index in [1.54, 1.807) is 24.9 Å². The average Bonchev–Trinajstić information content (AvgIpc) is 3.49. The summed E-state index contributed by atoms with van der Waals surface area (Å²) in [5.74, 6) is 1.37. The zero-order valence-corrected chi connectivity index (χ0v) is 15.2. The first-order valence-corrected chi connectivity index (χ1v) is 9.31. The molecule has 0 aliphatic carbocycles. The summed E-state index contributed by atoms with van der Waals surface area (Å²) >= 11 is 0. The largest absolute Gasteiger partial charge is 0.472 e. The van der Waals surface area contributed by atoms with Crippen LogP contribution in [0.3, 0.4) is 0 Å². The number of aromatic nitrogens is 4. The summed E-state index contributed by atoms with van der Waals surface area (Å²) in [6.07, 6.45) is 6.50. The van der Waals surface area contributed by atoms with Gasteiger partial charge in [-0.2, -0.15) is 0 Å². The van der Waals surface area contributed by atoms with Crippen LogP contribution in [-0.2, 0) is 11.3 Å². The van der Waals surface area contributed by atoms with Crippen LogP contribution < -0.4 is 0 Å². The van der Waals surface area contributed by atoms with Crippen LogP contribution in [0.2, 0.25) is 0 Å². The van der Waals surface area contributed by atoms with E-state index in [0.717, 1.165) is 29.4 Å². The Balaban J connectivity index is 1.21. The van der Waals surface area contributed by atoms with Gasteiger partial charge in [-0.1, -0.05) is 12.1 Å². The lowest BCUT2D eigenvalue weighted by Gasteiger charge is -2.30. The molecule has 1 saturated heterocycles. The Hall–Kier alpha value is -3.42. The molecule has 142 valence electrons. The van der Waals surface area contributed by atoms with Crippen molar-refractivity contribution in [1.29, 1.82) is 0 Å². The Morgan fingerprint density at radius 3 is 2.82 bits per heavy atom. The van der Waals surface area contributed by atoms with E-state index in [2.05, 4.69) is 15.2 Å². The van der Waals surface area contributed by atoms with Crippen molar-refractivity contribution in [3.8, 4) is 11.5 Å². The molecule has 1 amide bonds. The molecule has 5 rings (SSSR count). The van der Waals surface area contributed by atoms with E-state index < -0.39 is 0 Å². The first-order chi connectivity index (χ1) is 13.8. The van der Waals surface area contributed by atoms with Gasteiger partial charge in [-0.3, -0.25) is 4.79 Å². The minimum atomic E-state index is 0.103. The van der Waals surface area contributed by atoms with Crippen molar-refractivity contribution in [3.63, 3.8) is 0 Å². The zero-order valence-electron chi connectivity index (χ0n) is 15.2. The fourth-order valence-electron chi connectivity index (χ4n) is 3.66. The van der Waals surface area contributed by atoms with Gasteiger partial charge in [-0.25, -0.2) is 4.98 Å². The number of benzene rings is 1. The lowest BCUT2D eigenvalue weighted by atomic mass is 9.97. The Morgan fingerprint density at radius 1 is 1.14 bits per heavy atom. The molecule has 8 nitrogen and oxygen atoms in total. The Morgan fingerprint density at radius 2 is 2.00 bits per heavy atom. The summed E-state index contributed by atoms with van der Waals surface area (Å²) in [7, 11) is 0. The van der Waals surface area contributed by atoms with Crippen LogP contribution >= 0.6 is 0 Å². The van der Waals surface area contributed by atoms with E-state index in [0.29, 0.717) is 31.4 Å². The standard InChI is InChI=1S/C20H19N5O3/c26-18(11-25-13-21-16-3-1-2-4-17(16)25)24-8-5-14(6-9-24)19-22-23-20(28-19)15-7-10-27-12-15/h1-4,7,10,12-14H,5-6,8-9,11H2. The van der Waals surface area contributed by atoms with Gasteiger partial charge in [0.15, 0.2) is 0 Å². The van der Waals surface area contributed by atoms with Gasteiger partial charge in [0.25, 0.3) is 5.89 Å². The SMILES string of the molecule is O=C(Cn1cnc2ccccc21)N1CCC(c2nnc(-c3ccoc3)o2)CC1. The normalized spacial score (nSPS) is 15.4. The second-order valence-corrected chi connectivity index (χ2v) is 6.97. The number of piperidine rings is 1. The molecule has 0 N–H and O–H groups in total. The van der Waals surface area contributed by atoms with Crippen molar-refractivity contribution in [3.05, 3.63) is 55.1 Å². The summed E-state index contributed by atoms with van der Waals surface area (Å²) in [5, 5.41) is 8.29. The van der Waals surface area contributed by atoms with Gasteiger partial charge < -0.3 is 18.3 Å². The van der Waals surface area contributed by atoms with Crippen LogP contribution in [0.25, 0.3) is 22.5 Å². The Labute approximate surface area is 160 Å². The number of nitrogens with zero attached hydrogens (tertiary/aromatic N) is 5. The predicted octanol–water partition coefficient (Wildman–Crippen LogP) is 3.09. The summed E-state index contributed by atoms with van der Waals surface area (Å²) in [4.78, 5) is 19.0. The lowest BCUT2D eigenvalue weighted by Crippen LogP contribution is -2.39. The third kappa shape index (κ3) is 3.06. The van der Waals surface area contributed by atoms with Gasteiger partial charge in [-0.15, -0.1) is 10.2 Å². The third-order valence-electron chi connectivity index (χ3n) is 5.24. The lowest BCUT2D eigenvalue weighted by molar-refractivity contribution is -0.132. The fourth-order valence-corrected chi connectivity index (χ4v) is 3.66. The van der Waals surface area contributed by atoms with Gasteiger partial charge in [0.05, 0.1) is 29.2 Å². The Bertz CT molecular complexity index is 1090. The summed E-state index contributed by atoms with van der Waals surface area (Å²) < 4.78 is 12.8. The smallest absolute Gasteiger partial charge is 0.250 e. The minimum absolute atomic E-state index is 0.103. The molecule has 8 heteroatoms. The molecular weight excluding hydrogens is 358 g/mol. The number of imidazole rings is 1. The van der Waals surface area contributed by atoms with Crippen molar-refractivity contribution in [2.45, 2.75) is 25.3 Å². The molecule has 1 aliphatic rings. The number of likely N-dealkylation sites (tertiary alicyclic amines) is 1. The van der Waals surface area contributed by atoms with Crippen molar-refractivity contribution in [1.82, 2.24) is 24.6 Å². The van der Waals surface area contributed by atoms with Crippen LogP contribution in [-0.4, -0.2) is 43.6 Å². The van der Waals surface area contributed by atoms with Crippen molar-refractivity contribution >= 4 is 16.9 Å². The van der Waals surface area contributed by atoms with Gasteiger partial charge in [0.2, 0.25) is 11.8 Å². The molecule has 0 unspecified atom stereocenters. The average molecular weight is 377 g/mol. The number of carbonyl (C=O) groups excluding carboxylic acids is 1.